The Bertz CT molecular complexity index is 405. The summed E-state index contributed by atoms with van der Waals surface area (Å²) < 4.78 is 0. The summed E-state index contributed by atoms with van der Waals surface area (Å²) in [6.45, 7) is 0. The zero-order chi connectivity index (χ0) is 9.97. The van der Waals surface area contributed by atoms with E-state index in [1.165, 1.54) is 6.20 Å². The highest BCUT2D eigenvalue weighted by Crippen LogP contribution is 2.17. The molecule has 1 heterocycles. The van der Waals surface area contributed by atoms with Gasteiger partial charge < -0.3 is 15.7 Å². The first-order valence-corrected chi connectivity index (χ1v) is 4.03. The molecule has 72 valence electrons. The number of hydrogen-bond acceptors (Lipinski definition) is 4. The van der Waals surface area contributed by atoms with E-state index in [9.17, 15) is 0 Å². The van der Waals surface area contributed by atoms with Crippen molar-refractivity contribution >= 4 is 5.82 Å². The van der Waals surface area contributed by atoms with E-state index in [0.717, 1.165) is 4.85 Å². The van der Waals surface area contributed by atoms with E-state index in [1.807, 2.05) is 18.2 Å². The molecule has 0 amide bonds. The minimum absolute atomic E-state index is 0.0425. The van der Waals surface area contributed by atoms with Gasteiger partial charge in [0.05, 0.1) is 0 Å². The molecule has 2 aromatic rings. The van der Waals surface area contributed by atoms with Crippen molar-refractivity contribution in [3.63, 3.8) is 0 Å². The Balaban J connectivity index is 2.19. The summed E-state index contributed by atoms with van der Waals surface area (Å²) in [5.74, 6) is 0.567. The molecule has 5 nitrogen and oxygen atoms in total. The second kappa shape index (κ2) is 3.29. The summed E-state index contributed by atoms with van der Waals surface area (Å²) in [5, 5.41) is 12.9. The van der Waals surface area contributed by atoms with Gasteiger partial charge in [-0.3, -0.25) is 0 Å². The van der Waals surface area contributed by atoms with Crippen LogP contribution in [0.1, 0.15) is 0 Å². The highest BCUT2D eigenvalue weighted by molar-refractivity contribution is 5.42. The van der Waals surface area contributed by atoms with Gasteiger partial charge in [0.25, 0.3) is 0 Å². The number of aromatic hydroxyl groups is 1. The van der Waals surface area contributed by atoms with Crippen molar-refractivity contribution in [1.82, 2.24) is 9.94 Å². The van der Waals surface area contributed by atoms with Crippen LogP contribution in [0.5, 0.6) is 11.5 Å². The summed E-state index contributed by atoms with van der Waals surface area (Å²) in [5.41, 5.74) is 5.33. The second-order valence-corrected chi connectivity index (χ2v) is 2.71. The van der Waals surface area contributed by atoms with Crippen molar-refractivity contribution in [2.45, 2.75) is 0 Å². The third kappa shape index (κ3) is 1.61. The number of nitrogens with two attached hydrogens (primary N) is 1. The predicted molar refractivity (Wildman–Crippen MR) is 50.8 cm³/mol. The van der Waals surface area contributed by atoms with E-state index in [2.05, 4.69) is 5.10 Å². The van der Waals surface area contributed by atoms with Gasteiger partial charge in [0.2, 0.25) is 0 Å². The molecule has 0 aliphatic heterocycles. The number of anilines is 1. The quantitative estimate of drug-likeness (QED) is 0.743. The van der Waals surface area contributed by atoms with Crippen LogP contribution in [0.3, 0.4) is 0 Å². The molecule has 0 saturated heterocycles. The molecule has 1 aromatic carbocycles. The summed E-state index contributed by atoms with van der Waals surface area (Å²) in [4.78, 5) is 6.36. The fourth-order valence-electron chi connectivity index (χ4n) is 0.993. The van der Waals surface area contributed by atoms with Crippen LogP contribution < -0.4 is 10.6 Å². The summed E-state index contributed by atoms with van der Waals surface area (Å²) in [6, 6.07) is 9.09. The Morgan fingerprint density at radius 2 is 2.00 bits per heavy atom. The smallest absolute Gasteiger partial charge is 0.191 e. The van der Waals surface area contributed by atoms with Gasteiger partial charge in [-0.1, -0.05) is 23.0 Å². The maximum absolute atomic E-state index is 9.13. The van der Waals surface area contributed by atoms with E-state index in [4.69, 9.17) is 15.7 Å². The SMILES string of the molecule is Nc1nn(Oc2ccccc2)cc1O. The lowest BCUT2D eigenvalue weighted by Crippen LogP contribution is -2.05. The zero-order valence-electron chi connectivity index (χ0n) is 7.29. The van der Waals surface area contributed by atoms with E-state index in [1.54, 1.807) is 12.1 Å². The van der Waals surface area contributed by atoms with Gasteiger partial charge >= 0.3 is 0 Å². The van der Waals surface area contributed by atoms with Gasteiger partial charge in [-0.2, -0.15) is 0 Å². The van der Waals surface area contributed by atoms with Gasteiger partial charge in [-0.15, -0.1) is 5.10 Å². The average molecular weight is 191 g/mol. The molecule has 3 N–H and O–H groups in total. The van der Waals surface area contributed by atoms with E-state index in [0.29, 0.717) is 5.75 Å². The van der Waals surface area contributed by atoms with E-state index >= 15 is 0 Å². The molecular formula is C9H9N3O2. The third-order valence-corrected chi connectivity index (χ3v) is 1.64. The molecule has 0 bridgehead atoms. The van der Waals surface area contributed by atoms with Crippen molar-refractivity contribution in [1.29, 1.82) is 0 Å². The topological polar surface area (TPSA) is 73.3 Å². The van der Waals surface area contributed by atoms with Gasteiger partial charge in [-0.25, -0.2) is 0 Å². The van der Waals surface area contributed by atoms with Crippen molar-refractivity contribution in [2.24, 2.45) is 0 Å². The Morgan fingerprint density at radius 3 is 2.57 bits per heavy atom. The third-order valence-electron chi connectivity index (χ3n) is 1.64. The molecule has 1 aromatic heterocycles. The van der Waals surface area contributed by atoms with Crippen LogP contribution in [0.2, 0.25) is 0 Å². The first-order chi connectivity index (χ1) is 6.75. The maximum Gasteiger partial charge on any atom is 0.191 e. The van der Waals surface area contributed by atoms with Gasteiger partial charge in [0.15, 0.2) is 17.3 Å². The molecule has 2 rings (SSSR count). The van der Waals surface area contributed by atoms with Crippen molar-refractivity contribution < 1.29 is 9.94 Å². The number of rotatable bonds is 2. The molecule has 0 fully saturated rings. The van der Waals surface area contributed by atoms with E-state index < -0.39 is 0 Å². The normalized spacial score (nSPS) is 10.0. The fourth-order valence-corrected chi connectivity index (χ4v) is 0.993. The zero-order valence-corrected chi connectivity index (χ0v) is 7.29. The predicted octanol–water partition coefficient (Wildman–Crippen LogP) is 1.01. The molecule has 0 aliphatic rings. The largest absolute Gasteiger partial charge is 0.503 e. The molecule has 0 saturated carbocycles. The number of para-hydroxylation sites is 1. The van der Waals surface area contributed by atoms with Crippen LogP contribution in [0.15, 0.2) is 36.5 Å². The van der Waals surface area contributed by atoms with E-state index in [-0.39, 0.29) is 11.6 Å². The maximum atomic E-state index is 9.13. The number of nitrogen functional groups attached to an aromatic ring is 1. The lowest BCUT2D eigenvalue weighted by molar-refractivity contribution is 0.179. The molecule has 0 atom stereocenters. The lowest BCUT2D eigenvalue weighted by Gasteiger charge is -2.01. The van der Waals surface area contributed by atoms with Gasteiger partial charge in [-0.05, 0) is 12.1 Å². The van der Waals surface area contributed by atoms with Crippen molar-refractivity contribution in [3.05, 3.63) is 36.5 Å². The summed E-state index contributed by atoms with van der Waals surface area (Å²) >= 11 is 0. The molecular weight excluding hydrogens is 182 g/mol. The Kier molecular flexibility index (Phi) is 1.98. The Morgan fingerprint density at radius 1 is 1.29 bits per heavy atom. The first kappa shape index (κ1) is 8.43. The van der Waals surface area contributed by atoms with Crippen molar-refractivity contribution in [2.75, 3.05) is 5.73 Å². The summed E-state index contributed by atoms with van der Waals surface area (Å²) in [7, 11) is 0. The van der Waals surface area contributed by atoms with Gasteiger partial charge in [0.1, 0.15) is 6.20 Å². The average Bonchev–Trinajstić information content (AvgIpc) is 2.47. The lowest BCUT2D eigenvalue weighted by atomic mass is 10.3. The molecule has 0 radical (unpaired) electrons. The number of benzene rings is 1. The second-order valence-electron chi connectivity index (χ2n) is 2.71. The van der Waals surface area contributed by atoms with Crippen LogP contribution in [0.4, 0.5) is 5.82 Å². The fraction of sp³-hybridized carbons (Fsp3) is 0. The molecule has 0 aliphatic carbocycles. The standard InChI is InChI=1S/C9H9N3O2/c10-9-8(13)6-12(11-9)14-7-4-2-1-3-5-7/h1-6,13H,(H2,10,11). The molecule has 5 heteroatoms. The minimum atomic E-state index is -0.0964. The van der Waals surface area contributed by atoms with Crippen LogP contribution in [-0.2, 0) is 0 Å². The molecule has 0 unspecified atom stereocenters. The monoisotopic (exact) mass is 191 g/mol. The molecule has 14 heavy (non-hydrogen) atoms. The summed E-state index contributed by atoms with van der Waals surface area (Å²) in [6.07, 6.45) is 1.29. The first-order valence-electron chi connectivity index (χ1n) is 4.03. The number of aromatic nitrogens is 2. The minimum Gasteiger partial charge on any atom is -0.503 e. The number of nitrogens with zero attached hydrogens (tertiary/aromatic N) is 2. The highest BCUT2D eigenvalue weighted by Gasteiger charge is 2.03. The number of hydrogen-bond donors (Lipinski definition) is 2. The van der Waals surface area contributed by atoms with Crippen molar-refractivity contribution in [3.8, 4) is 11.5 Å². The highest BCUT2D eigenvalue weighted by atomic mass is 16.7. The van der Waals surface area contributed by atoms with Crippen LogP contribution in [0, 0.1) is 0 Å². The van der Waals surface area contributed by atoms with Gasteiger partial charge in [0, 0.05) is 0 Å². The molecule has 0 spiro atoms. The van der Waals surface area contributed by atoms with Crippen LogP contribution >= 0.6 is 0 Å². The Labute approximate surface area is 80.3 Å². The van der Waals surface area contributed by atoms with Crippen LogP contribution in [-0.4, -0.2) is 15.1 Å². The Hall–Kier alpha value is -2.17. The van der Waals surface area contributed by atoms with Crippen LogP contribution in [0.25, 0.3) is 0 Å².